The molecule has 22 heavy (non-hydrogen) atoms. The first-order chi connectivity index (χ1) is 10.6. The lowest BCUT2D eigenvalue weighted by Gasteiger charge is -2.23. The highest BCUT2D eigenvalue weighted by molar-refractivity contribution is 5.78. The van der Waals surface area contributed by atoms with Crippen LogP contribution in [0.1, 0.15) is 6.92 Å². The first-order valence-corrected chi connectivity index (χ1v) is 6.75. The van der Waals surface area contributed by atoms with E-state index in [0.717, 1.165) is 12.1 Å². The molecule has 1 aromatic heterocycles. The van der Waals surface area contributed by atoms with E-state index in [2.05, 4.69) is 15.3 Å². The van der Waals surface area contributed by atoms with Crippen LogP contribution in [0.5, 0.6) is 0 Å². The van der Waals surface area contributed by atoms with Crippen molar-refractivity contribution in [1.82, 2.24) is 9.97 Å². The fourth-order valence-corrected chi connectivity index (χ4v) is 1.98. The smallest absolute Gasteiger partial charge is 0.160 e. The van der Waals surface area contributed by atoms with Crippen molar-refractivity contribution in [3.8, 4) is 0 Å². The van der Waals surface area contributed by atoms with Gasteiger partial charge in [0, 0.05) is 24.8 Å². The second-order valence-corrected chi connectivity index (χ2v) is 4.52. The molecule has 0 spiro atoms. The van der Waals surface area contributed by atoms with Gasteiger partial charge in [-0.05, 0) is 19.1 Å². The summed E-state index contributed by atoms with van der Waals surface area (Å²) in [6, 6.07) is 3.41. The molecule has 0 fully saturated rings. The van der Waals surface area contributed by atoms with Crippen LogP contribution in [-0.4, -0.2) is 34.8 Å². The van der Waals surface area contributed by atoms with E-state index in [-0.39, 0.29) is 18.1 Å². The Kier molecular flexibility index (Phi) is 5.05. The average molecular weight is 309 g/mol. The first kappa shape index (κ1) is 15.9. The van der Waals surface area contributed by atoms with Crippen molar-refractivity contribution >= 4 is 23.0 Å². The summed E-state index contributed by atoms with van der Waals surface area (Å²) in [5, 5.41) is 11.9. The minimum atomic E-state index is -0.965. The SMILES string of the molecule is CCN(CCO)c1ncnc(Nc2ccc(F)c(F)c2)c1N. The molecule has 0 bridgehead atoms. The zero-order valence-corrected chi connectivity index (χ0v) is 12.1. The number of likely N-dealkylation sites (N-methyl/N-ethyl adjacent to an activating group) is 1. The molecule has 6 nitrogen and oxygen atoms in total. The summed E-state index contributed by atoms with van der Waals surface area (Å²) >= 11 is 0. The van der Waals surface area contributed by atoms with Gasteiger partial charge in [0.2, 0.25) is 0 Å². The Hall–Kier alpha value is -2.48. The molecule has 0 radical (unpaired) electrons. The average Bonchev–Trinajstić information content (AvgIpc) is 2.51. The van der Waals surface area contributed by atoms with Crippen LogP contribution in [0.4, 0.5) is 31.8 Å². The summed E-state index contributed by atoms with van der Waals surface area (Å²) in [5.74, 6) is -1.14. The molecule has 0 atom stereocenters. The van der Waals surface area contributed by atoms with Crippen LogP contribution in [0.25, 0.3) is 0 Å². The summed E-state index contributed by atoms with van der Waals surface area (Å²) in [6.07, 6.45) is 1.31. The van der Waals surface area contributed by atoms with E-state index in [0.29, 0.717) is 24.6 Å². The highest BCUT2D eigenvalue weighted by Gasteiger charge is 2.14. The van der Waals surface area contributed by atoms with E-state index in [4.69, 9.17) is 10.8 Å². The number of hydrogen-bond donors (Lipinski definition) is 3. The number of aromatic nitrogens is 2. The minimum absolute atomic E-state index is 0.0385. The molecule has 0 aliphatic heterocycles. The topological polar surface area (TPSA) is 87.3 Å². The van der Waals surface area contributed by atoms with Crippen LogP contribution in [0.3, 0.4) is 0 Å². The number of nitrogens with one attached hydrogen (secondary N) is 1. The predicted molar refractivity (Wildman–Crippen MR) is 81.1 cm³/mol. The maximum absolute atomic E-state index is 13.2. The number of nitrogens with zero attached hydrogens (tertiary/aromatic N) is 3. The Labute approximate surface area is 126 Å². The van der Waals surface area contributed by atoms with Gasteiger partial charge in [-0.15, -0.1) is 0 Å². The molecule has 8 heteroatoms. The molecule has 0 aliphatic carbocycles. The Morgan fingerprint density at radius 2 is 2.05 bits per heavy atom. The third kappa shape index (κ3) is 3.40. The number of aliphatic hydroxyl groups excluding tert-OH is 1. The van der Waals surface area contributed by atoms with Crippen LogP contribution in [0, 0.1) is 11.6 Å². The lowest BCUT2D eigenvalue weighted by atomic mass is 10.3. The number of benzene rings is 1. The van der Waals surface area contributed by atoms with Crippen LogP contribution in [0.2, 0.25) is 0 Å². The number of nitrogen functional groups attached to an aromatic ring is 1. The molecule has 0 amide bonds. The number of aliphatic hydroxyl groups is 1. The van der Waals surface area contributed by atoms with E-state index >= 15 is 0 Å². The van der Waals surface area contributed by atoms with Crippen LogP contribution in [-0.2, 0) is 0 Å². The summed E-state index contributed by atoms with van der Waals surface area (Å²) in [7, 11) is 0. The van der Waals surface area contributed by atoms with Gasteiger partial charge in [0.05, 0.1) is 6.61 Å². The second kappa shape index (κ2) is 6.99. The molecule has 0 saturated carbocycles. The summed E-state index contributed by atoms with van der Waals surface area (Å²) < 4.78 is 26.2. The van der Waals surface area contributed by atoms with E-state index in [1.54, 1.807) is 4.90 Å². The van der Waals surface area contributed by atoms with E-state index in [1.807, 2.05) is 6.92 Å². The molecule has 0 saturated heterocycles. The highest BCUT2D eigenvalue weighted by atomic mass is 19.2. The number of nitrogens with two attached hydrogens (primary N) is 1. The normalized spacial score (nSPS) is 10.5. The Morgan fingerprint density at radius 3 is 2.68 bits per heavy atom. The Balaban J connectivity index is 2.30. The molecular weight excluding hydrogens is 292 g/mol. The lowest BCUT2D eigenvalue weighted by Crippen LogP contribution is -2.28. The number of rotatable bonds is 6. The molecule has 1 heterocycles. The lowest BCUT2D eigenvalue weighted by molar-refractivity contribution is 0.302. The van der Waals surface area contributed by atoms with Crippen LogP contribution >= 0.6 is 0 Å². The van der Waals surface area contributed by atoms with Gasteiger partial charge >= 0.3 is 0 Å². The Bertz CT molecular complexity index is 653. The van der Waals surface area contributed by atoms with Crippen LogP contribution < -0.4 is 16.0 Å². The van der Waals surface area contributed by atoms with Crippen molar-refractivity contribution in [2.45, 2.75) is 6.92 Å². The van der Waals surface area contributed by atoms with Gasteiger partial charge < -0.3 is 21.1 Å². The van der Waals surface area contributed by atoms with Gasteiger partial charge in [-0.3, -0.25) is 0 Å². The van der Waals surface area contributed by atoms with E-state index < -0.39 is 11.6 Å². The van der Waals surface area contributed by atoms with E-state index in [9.17, 15) is 8.78 Å². The van der Waals surface area contributed by atoms with Gasteiger partial charge in [0.15, 0.2) is 23.3 Å². The highest BCUT2D eigenvalue weighted by Crippen LogP contribution is 2.28. The van der Waals surface area contributed by atoms with Gasteiger partial charge in [0.25, 0.3) is 0 Å². The van der Waals surface area contributed by atoms with Crippen molar-refractivity contribution in [2.24, 2.45) is 0 Å². The fourth-order valence-electron chi connectivity index (χ4n) is 1.98. The summed E-state index contributed by atoms with van der Waals surface area (Å²) in [5.41, 5.74) is 6.61. The van der Waals surface area contributed by atoms with Crippen LogP contribution in [0.15, 0.2) is 24.5 Å². The third-order valence-corrected chi connectivity index (χ3v) is 3.10. The van der Waals surface area contributed by atoms with E-state index in [1.165, 1.54) is 12.4 Å². The van der Waals surface area contributed by atoms with Crippen molar-refractivity contribution in [3.63, 3.8) is 0 Å². The number of hydrogen-bond acceptors (Lipinski definition) is 6. The Morgan fingerprint density at radius 1 is 1.27 bits per heavy atom. The molecule has 2 rings (SSSR count). The zero-order valence-electron chi connectivity index (χ0n) is 12.1. The van der Waals surface area contributed by atoms with Gasteiger partial charge in [-0.25, -0.2) is 18.7 Å². The largest absolute Gasteiger partial charge is 0.395 e. The minimum Gasteiger partial charge on any atom is -0.395 e. The van der Waals surface area contributed by atoms with Gasteiger partial charge in [-0.1, -0.05) is 0 Å². The maximum atomic E-state index is 13.2. The monoisotopic (exact) mass is 309 g/mol. The van der Waals surface area contributed by atoms with Crippen molar-refractivity contribution in [1.29, 1.82) is 0 Å². The van der Waals surface area contributed by atoms with Gasteiger partial charge in [-0.2, -0.15) is 0 Å². The van der Waals surface area contributed by atoms with Crippen molar-refractivity contribution < 1.29 is 13.9 Å². The number of anilines is 4. The number of halogens is 2. The van der Waals surface area contributed by atoms with Crippen molar-refractivity contribution in [2.75, 3.05) is 35.6 Å². The van der Waals surface area contributed by atoms with Gasteiger partial charge in [0.1, 0.15) is 12.0 Å². The molecule has 1 aromatic carbocycles. The molecule has 118 valence electrons. The third-order valence-electron chi connectivity index (χ3n) is 3.10. The molecule has 0 aliphatic rings. The summed E-state index contributed by atoms with van der Waals surface area (Å²) in [4.78, 5) is 9.90. The quantitative estimate of drug-likeness (QED) is 0.755. The second-order valence-electron chi connectivity index (χ2n) is 4.52. The fraction of sp³-hybridized carbons (Fsp3) is 0.286. The standard InChI is InChI=1S/C14H17F2N5O/c1-2-21(5-6-22)14-12(17)13(18-8-19-14)20-9-3-4-10(15)11(16)7-9/h3-4,7-8,22H,2,5-6,17H2,1H3,(H,18,19,20). The first-order valence-electron chi connectivity index (χ1n) is 6.75. The molecular formula is C14H17F2N5O. The predicted octanol–water partition coefficient (Wildman–Crippen LogP) is 1.90. The zero-order chi connectivity index (χ0) is 16.1. The molecule has 2 aromatic rings. The molecule has 4 N–H and O–H groups in total. The maximum Gasteiger partial charge on any atom is 0.160 e. The summed E-state index contributed by atoms with van der Waals surface area (Å²) in [6.45, 7) is 2.84. The van der Waals surface area contributed by atoms with Crippen molar-refractivity contribution in [3.05, 3.63) is 36.2 Å². The molecule has 0 unspecified atom stereocenters.